The average molecular weight is 343 g/mol. The van der Waals surface area contributed by atoms with Crippen molar-refractivity contribution in [3.8, 4) is 10.4 Å². The van der Waals surface area contributed by atoms with Gasteiger partial charge < -0.3 is 15.1 Å². The molecule has 1 aromatic heterocycles. The van der Waals surface area contributed by atoms with E-state index in [2.05, 4.69) is 23.7 Å². The summed E-state index contributed by atoms with van der Waals surface area (Å²) in [6, 6.07) is 9.24. The quantitative estimate of drug-likeness (QED) is 0.928. The molecule has 0 radical (unpaired) electrons. The molecular formula is C18H21N3O2S. The maximum Gasteiger partial charge on any atom is 0.322 e. The number of likely N-dealkylation sites (tertiary alicyclic amines) is 1. The minimum atomic E-state index is -0.377. The molecule has 0 bridgehead atoms. The molecule has 0 saturated carbocycles. The van der Waals surface area contributed by atoms with Crippen LogP contribution in [-0.4, -0.2) is 48.4 Å². The summed E-state index contributed by atoms with van der Waals surface area (Å²) in [6.45, 7) is 2.77. The zero-order chi connectivity index (χ0) is 17.3. The van der Waals surface area contributed by atoms with Crippen LogP contribution in [0.1, 0.15) is 12.0 Å². The van der Waals surface area contributed by atoms with Gasteiger partial charge in [-0.2, -0.15) is 0 Å². The third kappa shape index (κ3) is 3.14. The molecule has 1 saturated heterocycles. The number of nitrogens with zero attached hydrogens (tertiary/aromatic N) is 2. The fraction of sp³-hybridized carbons (Fsp3) is 0.333. The summed E-state index contributed by atoms with van der Waals surface area (Å²) < 4.78 is 0. The number of carbonyl (C=O) groups is 2. The van der Waals surface area contributed by atoms with Crippen LogP contribution in [0.4, 0.5) is 10.5 Å². The molecule has 1 atom stereocenters. The number of thiophene rings is 1. The maximum absolute atomic E-state index is 12.5. The van der Waals surface area contributed by atoms with Gasteiger partial charge in [-0.15, -0.1) is 11.3 Å². The van der Waals surface area contributed by atoms with Gasteiger partial charge in [0.2, 0.25) is 5.91 Å². The van der Waals surface area contributed by atoms with E-state index in [0.717, 1.165) is 11.3 Å². The number of benzene rings is 1. The standard InChI is InChI=1S/C18H21N3O2S/c1-12-8-10-24-16(12)13-5-4-6-14(11-13)19-18(23)21(3)15-7-9-20(2)17(15)22/h4-6,8,10-11,15H,7,9H2,1-3H3,(H,19,23)/t15-/m1/s1. The van der Waals surface area contributed by atoms with E-state index < -0.39 is 0 Å². The number of nitrogens with one attached hydrogen (secondary N) is 1. The van der Waals surface area contributed by atoms with Gasteiger partial charge in [-0.3, -0.25) is 4.79 Å². The number of rotatable bonds is 3. The van der Waals surface area contributed by atoms with Gasteiger partial charge in [0.25, 0.3) is 0 Å². The van der Waals surface area contributed by atoms with Gasteiger partial charge in [-0.05, 0) is 48.1 Å². The van der Waals surface area contributed by atoms with Gasteiger partial charge in [0, 0.05) is 31.2 Å². The molecule has 0 aliphatic carbocycles. The first-order chi connectivity index (χ1) is 11.5. The van der Waals surface area contributed by atoms with Crippen LogP contribution in [0.2, 0.25) is 0 Å². The molecule has 2 aromatic rings. The van der Waals surface area contributed by atoms with Crippen molar-refractivity contribution < 1.29 is 9.59 Å². The monoisotopic (exact) mass is 343 g/mol. The third-order valence-corrected chi connectivity index (χ3v) is 5.49. The largest absolute Gasteiger partial charge is 0.344 e. The molecule has 2 heterocycles. The predicted octanol–water partition coefficient (Wildman–Crippen LogP) is 3.42. The van der Waals surface area contributed by atoms with Crippen LogP contribution in [0.3, 0.4) is 0 Å². The van der Waals surface area contributed by atoms with Crippen molar-refractivity contribution >= 4 is 29.0 Å². The lowest BCUT2D eigenvalue weighted by molar-refractivity contribution is -0.129. The molecule has 1 fully saturated rings. The highest BCUT2D eigenvalue weighted by Gasteiger charge is 2.34. The second kappa shape index (κ2) is 6.65. The molecule has 1 aliphatic rings. The van der Waals surface area contributed by atoms with Gasteiger partial charge in [0.05, 0.1) is 0 Å². The third-order valence-electron chi connectivity index (χ3n) is 4.43. The normalized spacial score (nSPS) is 17.2. The predicted molar refractivity (Wildman–Crippen MR) is 97.3 cm³/mol. The number of hydrogen-bond donors (Lipinski definition) is 1. The lowest BCUT2D eigenvalue weighted by Crippen LogP contribution is -2.44. The second-order valence-electron chi connectivity index (χ2n) is 6.12. The van der Waals surface area contributed by atoms with E-state index in [-0.39, 0.29) is 18.0 Å². The van der Waals surface area contributed by atoms with Crippen molar-refractivity contribution in [3.05, 3.63) is 41.3 Å². The van der Waals surface area contributed by atoms with Crippen molar-refractivity contribution in [2.45, 2.75) is 19.4 Å². The number of urea groups is 1. The Morgan fingerprint density at radius 1 is 1.38 bits per heavy atom. The molecule has 1 aliphatic heterocycles. The van der Waals surface area contributed by atoms with E-state index in [0.29, 0.717) is 13.0 Å². The Kier molecular flexibility index (Phi) is 4.57. The first-order valence-corrected chi connectivity index (χ1v) is 8.78. The summed E-state index contributed by atoms with van der Waals surface area (Å²) in [7, 11) is 3.44. The Hall–Kier alpha value is -2.34. The molecule has 0 unspecified atom stereocenters. The number of carbonyl (C=O) groups excluding carboxylic acids is 2. The Labute approximate surface area is 145 Å². The number of anilines is 1. The molecule has 3 rings (SSSR count). The van der Waals surface area contributed by atoms with Gasteiger partial charge in [-0.1, -0.05) is 12.1 Å². The lowest BCUT2D eigenvalue weighted by atomic mass is 10.1. The zero-order valence-corrected chi connectivity index (χ0v) is 14.9. The Balaban J connectivity index is 1.73. The summed E-state index contributed by atoms with van der Waals surface area (Å²) in [4.78, 5) is 28.9. The van der Waals surface area contributed by atoms with Crippen LogP contribution in [0, 0.1) is 6.92 Å². The van der Waals surface area contributed by atoms with E-state index in [1.165, 1.54) is 15.3 Å². The summed E-state index contributed by atoms with van der Waals surface area (Å²) in [5.74, 6) is -0.00406. The molecule has 24 heavy (non-hydrogen) atoms. The van der Waals surface area contributed by atoms with Crippen molar-refractivity contribution in [1.82, 2.24) is 9.80 Å². The zero-order valence-electron chi connectivity index (χ0n) is 14.1. The maximum atomic E-state index is 12.5. The first-order valence-electron chi connectivity index (χ1n) is 7.90. The Morgan fingerprint density at radius 3 is 2.79 bits per heavy atom. The topological polar surface area (TPSA) is 52.7 Å². The van der Waals surface area contributed by atoms with Crippen LogP contribution in [0.5, 0.6) is 0 Å². The molecule has 6 heteroatoms. The molecule has 3 amide bonds. The minimum Gasteiger partial charge on any atom is -0.344 e. The van der Waals surface area contributed by atoms with Gasteiger partial charge >= 0.3 is 6.03 Å². The highest BCUT2D eigenvalue weighted by atomic mass is 32.1. The molecular weight excluding hydrogens is 322 g/mol. The van der Waals surface area contributed by atoms with E-state index >= 15 is 0 Å². The van der Waals surface area contributed by atoms with E-state index in [1.807, 2.05) is 24.3 Å². The average Bonchev–Trinajstić information content (AvgIpc) is 3.13. The van der Waals surface area contributed by atoms with Crippen molar-refractivity contribution in [2.75, 3.05) is 26.0 Å². The van der Waals surface area contributed by atoms with Gasteiger partial charge in [-0.25, -0.2) is 4.79 Å². The summed E-state index contributed by atoms with van der Waals surface area (Å²) >= 11 is 1.68. The van der Waals surface area contributed by atoms with E-state index in [4.69, 9.17) is 0 Å². The highest BCUT2D eigenvalue weighted by molar-refractivity contribution is 7.13. The van der Waals surface area contributed by atoms with Gasteiger partial charge in [0.15, 0.2) is 0 Å². The van der Waals surface area contributed by atoms with Crippen LogP contribution in [0.15, 0.2) is 35.7 Å². The van der Waals surface area contributed by atoms with Crippen LogP contribution >= 0.6 is 11.3 Å². The Bertz CT molecular complexity index is 771. The first kappa shape index (κ1) is 16.5. The molecule has 126 valence electrons. The van der Waals surface area contributed by atoms with Crippen LogP contribution in [-0.2, 0) is 4.79 Å². The number of amides is 3. The van der Waals surface area contributed by atoms with Crippen molar-refractivity contribution in [2.24, 2.45) is 0 Å². The Morgan fingerprint density at radius 2 is 2.17 bits per heavy atom. The van der Waals surface area contributed by atoms with E-state index in [1.54, 1.807) is 30.3 Å². The van der Waals surface area contributed by atoms with Crippen LogP contribution < -0.4 is 5.32 Å². The van der Waals surface area contributed by atoms with E-state index in [9.17, 15) is 9.59 Å². The molecule has 5 nitrogen and oxygen atoms in total. The summed E-state index contributed by atoms with van der Waals surface area (Å²) in [5.41, 5.74) is 3.04. The number of aryl methyl sites for hydroxylation is 1. The van der Waals surface area contributed by atoms with Crippen LogP contribution in [0.25, 0.3) is 10.4 Å². The van der Waals surface area contributed by atoms with Crippen molar-refractivity contribution in [1.29, 1.82) is 0 Å². The fourth-order valence-electron chi connectivity index (χ4n) is 2.92. The molecule has 0 spiro atoms. The minimum absolute atomic E-state index is 0.00406. The smallest absolute Gasteiger partial charge is 0.322 e. The molecule has 1 N–H and O–H groups in total. The fourth-order valence-corrected chi connectivity index (χ4v) is 3.85. The second-order valence-corrected chi connectivity index (χ2v) is 7.03. The SMILES string of the molecule is Cc1ccsc1-c1cccc(NC(=O)N(C)[C@@H]2CCN(C)C2=O)c1. The lowest BCUT2D eigenvalue weighted by Gasteiger charge is -2.23. The van der Waals surface area contributed by atoms with Gasteiger partial charge in [0.1, 0.15) is 6.04 Å². The number of likely N-dealkylation sites (N-methyl/N-ethyl adjacent to an activating group) is 2. The van der Waals surface area contributed by atoms with Crippen molar-refractivity contribution in [3.63, 3.8) is 0 Å². The number of hydrogen-bond acceptors (Lipinski definition) is 3. The highest BCUT2D eigenvalue weighted by Crippen LogP contribution is 2.30. The molecule has 1 aromatic carbocycles. The summed E-state index contributed by atoms with van der Waals surface area (Å²) in [5, 5.41) is 4.96. The summed E-state index contributed by atoms with van der Waals surface area (Å²) in [6.07, 6.45) is 0.674.